The van der Waals surface area contributed by atoms with Gasteiger partial charge in [-0.3, -0.25) is 9.05 Å². The van der Waals surface area contributed by atoms with Crippen molar-refractivity contribution in [1.29, 1.82) is 0 Å². The first-order valence-electron chi connectivity index (χ1n) is 6.62. The van der Waals surface area contributed by atoms with Crippen LogP contribution in [-0.4, -0.2) is 18.2 Å². The molecular formula is C13H19ClFN2O4P. The number of hydrogen-bond acceptors (Lipinski definition) is 4. The Hall–Kier alpha value is -1.14. The number of urea groups is 1. The first-order valence-corrected chi connectivity index (χ1v) is 8.54. The average Bonchev–Trinajstić information content (AvgIpc) is 2.30. The minimum Gasteiger partial charge on any atom is -0.308 e. The van der Waals surface area contributed by atoms with Gasteiger partial charge in [-0.05, 0) is 45.9 Å². The van der Waals surface area contributed by atoms with Gasteiger partial charge in [0, 0.05) is 5.69 Å². The molecular weight excluding hydrogens is 334 g/mol. The average molecular weight is 353 g/mol. The number of benzene rings is 1. The Labute approximate surface area is 133 Å². The number of carbonyl (C=O) groups is 1. The summed E-state index contributed by atoms with van der Waals surface area (Å²) in [5.74, 6) is -0.607. The van der Waals surface area contributed by atoms with Crippen molar-refractivity contribution in [2.45, 2.75) is 39.9 Å². The lowest BCUT2D eigenvalue weighted by Gasteiger charge is -2.23. The van der Waals surface area contributed by atoms with Gasteiger partial charge in [0.1, 0.15) is 5.82 Å². The monoisotopic (exact) mass is 352 g/mol. The Balaban J connectivity index is 2.78. The van der Waals surface area contributed by atoms with E-state index in [-0.39, 0.29) is 10.7 Å². The predicted molar refractivity (Wildman–Crippen MR) is 83.6 cm³/mol. The SMILES string of the molecule is CC(C)OP(=O)(NC(=O)Nc1ccc(F)c(Cl)c1)OC(C)C. The Morgan fingerprint density at radius 2 is 1.77 bits per heavy atom. The number of anilines is 1. The number of amides is 2. The summed E-state index contributed by atoms with van der Waals surface area (Å²) in [6, 6.07) is 2.84. The number of nitrogens with one attached hydrogen (secondary N) is 2. The third kappa shape index (κ3) is 6.32. The quantitative estimate of drug-likeness (QED) is 0.736. The first kappa shape index (κ1) is 18.9. The molecule has 9 heteroatoms. The Kier molecular flexibility index (Phi) is 6.81. The van der Waals surface area contributed by atoms with Crippen LogP contribution in [0.2, 0.25) is 5.02 Å². The molecule has 0 atom stereocenters. The zero-order valence-corrected chi connectivity index (χ0v) is 14.4. The fraction of sp³-hybridized carbons (Fsp3) is 0.462. The minimum atomic E-state index is -3.82. The Morgan fingerprint density at radius 3 is 2.23 bits per heavy atom. The van der Waals surface area contributed by atoms with E-state index in [0.717, 1.165) is 6.07 Å². The minimum absolute atomic E-state index is 0.141. The summed E-state index contributed by atoms with van der Waals surface area (Å²) in [5.41, 5.74) is 0.240. The molecule has 0 aliphatic heterocycles. The van der Waals surface area contributed by atoms with Crippen LogP contribution >= 0.6 is 19.3 Å². The highest BCUT2D eigenvalue weighted by Gasteiger charge is 2.30. The highest BCUT2D eigenvalue weighted by Crippen LogP contribution is 2.46. The van der Waals surface area contributed by atoms with Crippen LogP contribution in [-0.2, 0) is 13.6 Å². The largest absolute Gasteiger partial charge is 0.436 e. The molecule has 1 aromatic carbocycles. The van der Waals surface area contributed by atoms with Crippen LogP contribution in [0.1, 0.15) is 27.7 Å². The molecule has 0 spiro atoms. The molecule has 22 heavy (non-hydrogen) atoms. The molecule has 2 amide bonds. The summed E-state index contributed by atoms with van der Waals surface area (Å²) in [6.07, 6.45) is -0.824. The summed E-state index contributed by atoms with van der Waals surface area (Å²) in [6.45, 7) is 6.65. The normalized spacial score (nSPS) is 11.8. The summed E-state index contributed by atoms with van der Waals surface area (Å²) in [7, 11) is -3.82. The van der Waals surface area contributed by atoms with Crippen molar-refractivity contribution in [1.82, 2.24) is 5.09 Å². The van der Waals surface area contributed by atoms with Crippen LogP contribution in [0.5, 0.6) is 0 Å². The van der Waals surface area contributed by atoms with Crippen molar-refractivity contribution in [2.75, 3.05) is 5.32 Å². The van der Waals surface area contributed by atoms with E-state index in [1.807, 2.05) is 0 Å². The molecule has 0 fully saturated rings. The number of rotatable bonds is 6. The van der Waals surface area contributed by atoms with E-state index < -0.39 is 31.8 Å². The second-order valence-corrected chi connectivity index (χ2v) is 7.05. The van der Waals surface area contributed by atoms with E-state index in [0.29, 0.717) is 0 Å². The lowest BCUT2D eigenvalue weighted by atomic mass is 10.3. The van der Waals surface area contributed by atoms with Crippen molar-refractivity contribution in [3.05, 3.63) is 29.0 Å². The van der Waals surface area contributed by atoms with Crippen molar-refractivity contribution in [3.8, 4) is 0 Å². The smallest absolute Gasteiger partial charge is 0.308 e. The van der Waals surface area contributed by atoms with Crippen LogP contribution in [0.15, 0.2) is 18.2 Å². The molecule has 0 aromatic heterocycles. The van der Waals surface area contributed by atoms with Gasteiger partial charge < -0.3 is 5.32 Å². The van der Waals surface area contributed by atoms with Crippen LogP contribution in [0.3, 0.4) is 0 Å². The van der Waals surface area contributed by atoms with Gasteiger partial charge in [0.2, 0.25) is 0 Å². The van der Waals surface area contributed by atoms with E-state index in [1.54, 1.807) is 27.7 Å². The van der Waals surface area contributed by atoms with E-state index in [9.17, 15) is 13.8 Å². The highest BCUT2D eigenvalue weighted by molar-refractivity contribution is 7.52. The fourth-order valence-electron chi connectivity index (χ4n) is 1.49. The highest BCUT2D eigenvalue weighted by atomic mass is 35.5. The van der Waals surface area contributed by atoms with Crippen LogP contribution < -0.4 is 10.4 Å². The maximum atomic E-state index is 13.0. The lowest BCUT2D eigenvalue weighted by Crippen LogP contribution is -2.29. The molecule has 0 aliphatic rings. The van der Waals surface area contributed by atoms with Crippen LogP contribution in [0, 0.1) is 5.82 Å². The predicted octanol–water partition coefficient (Wildman–Crippen LogP) is 4.56. The molecule has 0 unspecified atom stereocenters. The van der Waals surface area contributed by atoms with Gasteiger partial charge in [-0.25, -0.2) is 18.8 Å². The van der Waals surface area contributed by atoms with Gasteiger partial charge in [-0.2, -0.15) is 0 Å². The van der Waals surface area contributed by atoms with Crippen molar-refractivity contribution >= 4 is 31.1 Å². The Bertz CT molecular complexity index is 569. The summed E-state index contributed by atoms with van der Waals surface area (Å²) in [4.78, 5) is 11.9. The zero-order chi connectivity index (χ0) is 16.9. The molecule has 6 nitrogen and oxygen atoms in total. The second kappa shape index (κ2) is 7.92. The van der Waals surface area contributed by atoms with Gasteiger partial charge in [0.05, 0.1) is 17.2 Å². The van der Waals surface area contributed by atoms with Crippen molar-refractivity contribution in [2.24, 2.45) is 0 Å². The topological polar surface area (TPSA) is 76.7 Å². The molecule has 1 rings (SSSR count). The summed E-state index contributed by atoms with van der Waals surface area (Å²) >= 11 is 5.62. The molecule has 0 saturated heterocycles. The van der Waals surface area contributed by atoms with Gasteiger partial charge in [0.25, 0.3) is 0 Å². The van der Waals surface area contributed by atoms with E-state index >= 15 is 0 Å². The first-order chi connectivity index (χ1) is 10.1. The summed E-state index contributed by atoms with van der Waals surface area (Å²) in [5, 5.41) is 4.40. The molecule has 0 heterocycles. The van der Waals surface area contributed by atoms with Gasteiger partial charge in [-0.15, -0.1) is 0 Å². The third-order valence-electron chi connectivity index (χ3n) is 2.12. The van der Waals surface area contributed by atoms with Gasteiger partial charge >= 0.3 is 13.8 Å². The molecule has 2 N–H and O–H groups in total. The number of hydrogen-bond donors (Lipinski definition) is 2. The standard InChI is InChI=1S/C13H19ClFN2O4P/c1-8(2)20-22(19,21-9(3)4)17-13(18)16-10-5-6-12(15)11(14)7-10/h5-9H,1-4H3,(H2,16,17,18,19). The van der Waals surface area contributed by atoms with E-state index in [1.165, 1.54) is 12.1 Å². The van der Waals surface area contributed by atoms with Crippen molar-refractivity contribution in [3.63, 3.8) is 0 Å². The molecule has 0 aliphatic carbocycles. The maximum absolute atomic E-state index is 13.0. The van der Waals surface area contributed by atoms with Crippen LogP contribution in [0.25, 0.3) is 0 Å². The molecule has 0 saturated carbocycles. The second-order valence-electron chi connectivity index (χ2n) is 5.00. The molecule has 0 radical (unpaired) electrons. The van der Waals surface area contributed by atoms with E-state index in [4.69, 9.17) is 20.6 Å². The summed E-state index contributed by atoms with van der Waals surface area (Å²) < 4.78 is 35.9. The molecule has 1 aromatic rings. The molecule has 0 bridgehead atoms. The third-order valence-corrected chi connectivity index (χ3v) is 4.28. The zero-order valence-electron chi connectivity index (χ0n) is 12.7. The van der Waals surface area contributed by atoms with Gasteiger partial charge in [-0.1, -0.05) is 11.6 Å². The van der Waals surface area contributed by atoms with Crippen molar-refractivity contribution < 1.29 is 22.8 Å². The van der Waals surface area contributed by atoms with Gasteiger partial charge in [0.15, 0.2) is 0 Å². The number of halogens is 2. The van der Waals surface area contributed by atoms with Crippen LogP contribution in [0.4, 0.5) is 14.9 Å². The lowest BCUT2D eigenvalue weighted by molar-refractivity contribution is 0.137. The fourth-order valence-corrected chi connectivity index (χ4v) is 3.24. The molecule has 124 valence electrons. The number of carbonyl (C=O) groups excluding carboxylic acids is 1. The van der Waals surface area contributed by atoms with E-state index in [2.05, 4.69) is 10.4 Å². The Morgan fingerprint density at radius 1 is 1.23 bits per heavy atom. The maximum Gasteiger partial charge on any atom is 0.436 e.